The van der Waals surface area contributed by atoms with Crippen LogP contribution in [0.5, 0.6) is 0 Å². The third kappa shape index (κ3) is 4.98. The van der Waals surface area contributed by atoms with E-state index in [-0.39, 0.29) is 11.7 Å². The van der Waals surface area contributed by atoms with Crippen molar-refractivity contribution in [2.24, 2.45) is 0 Å². The molecule has 0 bridgehead atoms. The van der Waals surface area contributed by atoms with Crippen LogP contribution in [0.2, 0.25) is 0 Å². The lowest BCUT2D eigenvalue weighted by molar-refractivity contribution is 0.0947. The first-order valence-electron chi connectivity index (χ1n) is 9.93. The van der Waals surface area contributed by atoms with Crippen molar-refractivity contribution in [3.8, 4) is 10.6 Å². The van der Waals surface area contributed by atoms with Gasteiger partial charge in [-0.05, 0) is 31.2 Å². The van der Waals surface area contributed by atoms with Gasteiger partial charge in [0.25, 0.3) is 5.91 Å². The molecule has 0 radical (unpaired) electrons. The zero-order valence-corrected chi connectivity index (χ0v) is 17.3. The van der Waals surface area contributed by atoms with Gasteiger partial charge in [0.05, 0.1) is 0 Å². The molecule has 3 aromatic rings. The third-order valence-electron chi connectivity index (χ3n) is 4.99. The summed E-state index contributed by atoms with van der Waals surface area (Å²) in [5.74, 6) is 0.222. The summed E-state index contributed by atoms with van der Waals surface area (Å²) in [7, 11) is 0. The van der Waals surface area contributed by atoms with Crippen LogP contribution in [0.3, 0.4) is 0 Å². The van der Waals surface area contributed by atoms with E-state index in [4.69, 9.17) is 0 Å². The summed E-state index contributed by atoms with van der Waals surface area (Å²) in [6.45, 7) is 5.19. The zero-order chi connectivity index (χ0) is 20.8. The molecule has 1 aromatic carbocycles. The van der Waals surface area contributed by atoms with Crippen molar-refractivity contribution in [3.63, 3.8) is 0 Å². The summed E-state index contributed by atoms with van der Waals surface area (Å²) in [4.78, 5) is 29.8. The standard InChI is InChI=1S/C21H23FN6OS/c22-17-6-2-1-5-16(17)20-26-18(15-30-20)19(29)23-9-4-10-27-11-13-28(14-12-27)21-24-7-3-8-25-21/h1-3,5-8,15H,4,9-14H2,(H,23,29). The van der Waals surface area contributed by atoms with Gasteiger partial charge in [-0.25, -0.2) is 19.3 Å². The first kappa shape index (κ1) is 20.4. The molecule has 1 amide bonds. The van der Waals surface area contributed by atoms with Crippen LogP contribution in [0.25, 0.3) is 10.6 Å². The number of carbonyl (C=O) groups is 1. The van der Waals surface area contributed by atoms with E-state index in [0.717, 1.165) is 45.1 Å². The maximum atomic E-state index is 13.9. The lowest BCUT2D eigenvalue weighted by Gasteiger charge is -2.34. The number of benzene rings is 1. The summed E-state index contributed by atoms with van der Waals surface area (Å²) in [5.41, 5.74) is 0.747. The first-order chi connectivity index (χ1) is 14.7. The van der Waals surface area contributed by atoms with Gasteiger partial charge in [-0.1, -0.05) is 12.1 Å². The molecule has 1 fully saturated rings. The van der Waals surface area contributed by atoms with E-state index in [0.29, 0.717) is 22.8 Å². The number of nitrogens with one attached hydrogen (secondary N) is 1. The van der Waals surface area contributed by atoms with Gasteiger partial charge in [0.15, 0.2) is 0 Å². The summed E-state index contributed by atoms with van der Waals surface area (Å²) >= 11 is 1.27. The lowest BCUT2D eigenvalue weighted by Crippen LogP contribution is -2.47. The normalized spacial score (nSPS) is 14.6. The molecular formula is C21H23FN6OS. The summed E-state index contributed by atoms with van der Waals surface area (Å²) < 4.78 is 13.9. The van der Waals surface area contributed by atoms with E-state index in [1.165, 1.54) is 17.4 Å². The highest BCUT2D eigenvalue weighted by atomic mass is 32.1. The minimum absolute atomic E-state index is 0.222. The van der Waals surface area contributed by atoms with E-state index in [1.807, 2.05) is 6.07 Å². The van der Waals surface area contributed by atoms with Gasteiger partial charge in [-0.15, -0.1) is 11.3 Å². The van der Waals surface area contributed by atoms with Gasteiger partial charge >= 0.3 is 0 Å². The van der Waals surface area contributed by atoms with Crippen molar-refractivity contribution in [1.29, 1.82) is 0 Å². The van der Waals surface area contributed by atoms with Crippen molar-refractivity contribution in [2.75, 3.05) is 44.2 Å². The van der Waals surface area contributed by atoms with Gasteiger partial charge < -0.3 is 10.2 Å². The largest absolute Gasteiger partial charge is 0.351 e. The van der Waals surface area contributed by atoms with Crippen LogP contribution in [0, 0.1) is 5.82 Å². The Morgan fingerprint density at radius 1 is 1.10 bits per heavy atom. The number of carbonyl (C=O) groups excluding carboxylic acids is 1. The quantitative estimate of drug-likeness (QED) is 0.586. The molecule has 1 N–H and O–H groups in total. The Morgan fingerprint density at radius 3 is 2.63 bits per heavy atom. The lowest BCUT2D eigenvalue weighted by atomic mass is 10.2. The van der Waals surface area contributed by atoms with Crippen LogP contribution in [0.4, 0.5) is 10.3 Å². The molecule has 0 spiro atoms. The second-order valence-corrected chi connectivity index (χ2v) is 7.86. The van der Waals surface area contributed by atoms with Crippen molar-refractivity contribution in [2.45, 2.75) is 6.42 Å². The van der Waals surface area contributed by atoms with Crippen LogP contribution in [-0.4, -0.2) is 65.0 Å². The molecule has 2 aromatic heterocycles. The van der Waals surface area contributed by atoms with Crippen LogP contribution < -0.4 is 10.2 Å². The molecule has 1 aliphatic heterocycles. The number of piperazine rings is 1. The van der Waals surface area contributed by atoms with Crippen LogP contribution >= 0.6 is 11.3 Å². The molecule has 7 nitrogen and oxygen atoms in total. The number of rotatable bonds is 7. The third-order valence-corrected chi connectivity index (χ3v) is 5.86. The second-order valence-electron chi connectivity index (χ2n) is 7.00. The SMILES string of the molecule is O=C(NCCCN1CCN(c2ncccn2)CC1)c1csc(-c2ccccc2F)n1. The highest BCUT2D eigenvalue weighted by Crippen LogP contribution is 2.26. The molecule has 1 aliphatic rings. The average Bonchev–Trinajstić information content (AvgIpc) is 3.28. The topological polar surface area (TPSA) is 74.2 Å². The van der Waals surface area contributed by atoms with Gasteiger partial charge in [0.1, 0.15) is 16.5 Å². The Morgan fingerprint density at radius 2 is 1.87 bits per heavy atom. The number of hydrogen-bond acceptors (Lipinski definition) is 7. The molecule has 0 atom stereocenters. The first-order valence-corrected chi connectivity index (χ1v) is 10.8. The Labute approximate surface area is 178 Å². The molecule has 9 heteroatoms. The van der Waals surface area contributed by atoms with E-state index >= 15 is 0 Å². The van der Waals surface area contributed by atoms with Crippen LogP contribution in [0.15, 0.2) is 48.1 Å². The predicted molar refractivity (Wildman–Crippen MR) is 115 cm³/mol. The molecule has 4 rings (SSSR count). The fraction of sp³-hybridized carbons (Fsp3) is 0.333. The van der Waals surface area contributed by atoms with E-state index < -0.39 is 0 Å². The molecule has 3 heterocycles. The fourth-order valence-corrected chi connectivity index (χ4v) is 4.18. The van der Waals surface area contributed by atoms with Gasteiger partial charge in [-0.2, -0.15) is 0 Å². The Balaban J connectivity index is 1.19. The molecular weight excluding hydrogens is 403 g/mol. The van der Waals surface area contributed by atoms with Crippen LogP contribution in [0.1, 0.15) is 16.9 Å². The highest BCUT2D eigenvalue weighted by Gasteiger charge is 2.18. The molecule has 0 aliphatic carbocycles. The number of aromatic nitrogens is 3. The van der Waals surface area contributed by atoms with Crippen molar-refractivity contribution in [3.05, 3.63) is 59.6 Å². The summed E-state index contributed by atoms with van der Waals surface area (Å²) in [6, 6.07) is 8.27. The second kappa shape index (κ2) is 9.73. The monoisotopic (exact) mass is 426 g/mol. The fourth-order valence-electron chi connectivity index (χ4n) is 3.36. The average molecular weight is 427 g/mol. The number of hydrogen-bond donors (Lipinski definition) is 1. The van der Waals surface area contributed by atoms with Gasteiger partial charge in [0, 0.05) is 56.1 Å². The highest BCUT2D eigenvalue weighted by molar-refractivity contribution is 7.13. The van der Waals surface area contributed by atoms with Crippen molar-refractivity contribution < 1.29 is 9.18 Å². The Bertz CT molecular complexity index is 974. The Kier molecular flexibility index (Phi) is 6.60. The maximum Gasteiger partial charge on any atom is 0.270 e. The predicted octanol–water partition coefficient (Wildman–Crippen LogP) is 2.68. The van der Waals surface area contributed by atoms with Gasteiger partial charge in [-0.3, -0.25) is 9.69 Å². The molecule has 0 unspecified atom stereocenters. The maximum absolute atomic E-state index is 13.9. The summed E-state index contributed by atoms with van der Waals surface area (Å²) in [5, 5.41) is 5.09. The molecule has 1 saturated heterocycles. The number of anilines is 1. The molecule has 30 heavy (non-hydrogen) atoms. The number of thiazole rings is 1. The van der Waals surface area contributed by atoms with E-state index in [1.54, 1.807) is 36.0 Å². The Hall–Kier alpha value is -2.91. The number of nitrogens with zero attached hydrogens (tertiary/aromatic N) is 5. The van der Waals surface area contributed by atoms with Crippen LogP contribution in [-0.2, 0) is 0 Å². The molecule has 156 valence electrons. The van der Waals surface area contributed by atoms with E-state index in [2.05, 4.69) is 30.1 Å². The number of amides is 1. The zero-order valence-electron chi connectivity index (χ0n) is 16.5. The van der Waals surface area contributed by atoms with Crippen molar-refractivity contribution >= 4 is 23.2 Å². The molecule has 0 saturated carbocycles. The number of halogens is 1. The summed E-state index contributed by atoms with van der Waals surface area (Å²) in [6.07, 6.45) is 4.38. The van der Waals surface area contributed by atoms with Crippen molar-refractivity contribution in [1.82, 2.24) is 25.2 Å². The van der Waals surface area contributed by atoms with E-state index in [9.17, 15) is 9.18 Å². The van der Waals surface area contributed by atoms with Gasteiger partial charge in [0.2, 0.25) is 5.95 Å². The smallest absolute Gasteiger partial charge is 0.270 e. The minimum Gasteiger partial charge on any atom is -0.351 e. The minimum atomic E-state index is -0.335.